The van der Waals surface area contributed by atoms with E-state index in [9.17, 15) is 24.3 Å². The highest BCUT2D eigenvalue weighted by Gasteiger charge is 2.39. The molecule has 2 aliphatic rings. The number of carboxylic acids is 1. The molecule has 1 aromatic carbocycles. The van der Waals surface area contributed by atoms with Crippen molar-refractivity contribution in [2.24, 2.45) is 5.92 Å². The van der Waals surface area contributed by atoms with Crippen molar-refractivity contribution in [3.05, 3.63) is 41.5 Å². The lowest BCUT2D eigenvalue weighted by Gasteiger charge is -2.30. The fraction of sp³-hybridized carbons (Fsp3) is 0.368. The lowest BCUT2D eigenvalue weighted by Crippen LogP contribution is -2.52. The minimum absolute atomic E-state index is 0.0395. The van der Waals surface area contributed by atoms with Gasteiger partial charge in [0, 0.05) is 30.7 Å². The summed E-state index contributed by atoms with van der Waals surface area (Å²) in [5.41, 5.74) is 0.945. The van der Waals surface area contributed by atoms with Gasteiger partial charge in [0.05, 0.1) is 5.56 Å². The summed E-state index contributed by atoms with van der Waals surface area (Å²) in [6.07, 6.45) is 2.32. The first-order chi connectivity index (χ1) is 12.7. The number of hydrogen-bond donors (Lipinski definition) is 2. The van der Waals surface area contributed by atoms with E-state index in [1.165, 1.54) is 13.1 Å². The van der Waals surface area contributed by atoms with Crippen molar-refractivity contribution < 1.29 is 24.3 Å². The minimum atomic E-state index is -0.993. The Morgan fingerprint density at radius 3 is 2.63 bits per heavy atom. The van der Waals surface area contributed by atoms with Gasteiger partial charge in [-0.25, -0.2) is 9.59 Å². The number of nitrogens with one attached hydrogen (secondary N) is 1. The van der Waals surface area contributed by atoms with Crippen molar-refractivity contribution >= 4 is 29.5 Å². The smallest absolute Gasteiger partial charge is 0.335 e. The first kappa shape index (κ1) is 18.6. The second-order valence-electron chi connectivity index (χ2n) is 6.96. The number of hydrogen-bond acceptors (Lipinski definition) is 5. The molecule has 27 heavy (non-hydrogen) atoms. The van der Waals surface area contributed by atoms with Crippen molar-refractivity contribution in [2.45, 2.75) is 32.4 Å². The van der Waals surface area contributed by atoms with Gasteiger partial charge < -0.3 is 10.0 Å². The molecule has 1 aromatic rings. The zero-order chi connectivity index (χ0) is 19.9. The molecule has 0 bridgehead atoms. The highest BCUT2D eigenvalue weighted by atomic mass is 16.4. The summed E-state index contributed by atoms with van der Waals surface area (Å²) >= 11 is 0. The summed E-state index contributed by atoms with van der Waals surface area (Å²) in [7, 11) is 1.32. The number of rotatable bonds is 3. The summed E-state index contributed by atoms with van der Waals surface area (Å²) in [4.78, 5) is 50.1. The van der Waals surface area contributed by atoms with Gasteiger partial charge in [-0.15, -0.1) is 0 Å². The van der Waals surface area contributed by atoms with Gasteiger partial charge in [0.15, 0.2) is 0 Å². The van der Waals surface area contributed by atoms with Crippen LogP contribution in [0.1, 0.15) is 30.6 Å². The molecule has 3 rings (SSSR count). The first-order valence-corrected chi connectivity index (χ1v) is 8.67. The van der Waals surface area contributed by atoms with Gasteiger partial charge in [-0.3, -0.25) is 19.8 Å². The van der Waals surface area contributed by atoms with E-state index >= 15 is 0 Å². The third kappa shape index (κ3) is 3.30. The molecule has 142 valence electrons. The van der Waals surface area contributed by atoms with Crippen LogP contribution in [0.2, 0.25) is 0 Å². The van der Waals surface area contributed by atoms with E-state index < -0.39 is 23.8 Å². The average Bonchev–Trinajstić information content (AvgIpc) is 2.90. The Bertz CT molecular complexity index is 863. The fourth-order valence-corrected chi connectivity index (χ4v) is 3.79. The lowest BCUT2D eigenvalue weighted by molar-refractivity contribution is -0.129. The number of carbonyl (C=O) groups is 4. The number of anilines is 1. The van der Waals surface area contributed by atoms with E-state index in [0.717, 1.165) is 10.6 Å². The number of carbonyl (C=O) groups excluding carboxylic acids is 3. The molecule has 8 nitrogen and oxygen atoms in total. The standard InChI is InChI=1S/C19H21N3O5/c1-10-7-13(9-15-16(23)20-19(27)21(3)17(15)24)11(2)22(10)14-6-4-5-12(8-14)18(25)26/h4-6,8-11,13H,7H2,1-3H3,(H,25,26)(H,20,23,27)/b15-9+. The first-order valence-electron chi connectivity index (χ1n) is 8.67. The zero-order valence-corrected chi connectivity index (χ0v) is 15.3. The maximum absolute atomic E-state index is 12.3. The number of likely N-dealkylation sites (N-methyl/N-ethyl adjacent to an activating group) is 1. The van der Waals surface area contributed by atoms with E-state index in [2.05, 4.69) is 10.2 Å². The molecular formula is C19H21N3O5. The third-order valence-electron chi connectivity index (χ3n) is 5.22. The van der Waals surface area contributed by atoms with Gasteiger partial charge in [0.1, 0.15) is 5.57 Å². The average molecular weight is 371 g/mol. The minimum Gasteiger partial charge on any atom is -0.478 e. The Morgan fingerprint density at radius 1 is 1.26 bits per heavy atom. The SMILES string of the molecule is CC1CC(/C=C2\C(=O)NC(=O)N(C)C2=O)C(C)N1c1cccc(C(=O)O)c1. The summed E-state index contributed by atoms with van der Waals surface area (Å²) in [5.74, 6) is -2.39. The van der Waals surface area contributed by atoms with Crippen molar-refractivity contribution in [3.8, 4) is 0 Å². The second-order valence-corrected chi connectivity index (χ2v) is 6.96. The third-order valence-corrected chi connectivity index (χ3v) is 5.22. The van der Waals surface area contributed by atoms with Crippen LogP contribution in [-0.4, -0.2) is 53.0 Å². The molecule has 0 spiro atoms. The van der Waals surface area contributed by atoms with E-state index in [1.54, 1.807) is 18.2 Å². The Balaban J connectivity index is 1.89. The van der Waals surface area contributed by atoms with Crippen LogP contribution in [0.5, 0.6) is 0 Å². The van der Waals surface area contributed by atoms with Crippen LogP contribution in [0.25, 0.3) is 0 Å². The van der Waals surface area contributed by atoms with Gasteiger partial charge in [-0.2, -0.15) is 0 Å². The molecule has 8 heteroatoms. The van der Waals surface area contributed by atoms with Crippen molar-refractivity contribution in [1.82, 2.24) is 10.2 Å². The molecule has 3 unspecified atom stereocenters. The van der Waals surface area contributed by atoms with E-state index in [-0.39, 0.29) is 29.1 Å². The zero-order valence-electron chi connectivity index (χ0n) is 15.3. The predicted octanol–water partition coefficient (Wildman–Crippen LogP) is 1.62. The monoisotopic (exact) mass is 371 g/mol. The molecule has 0 aromatic heterocycles. The summed E-state index contributed by atoms with van der Waals surface area (Å²) in [6.45, 7) is 3.99. The summed E-state index contributed by atoms with van der Waals surface area (Å²) in [5, 5.41) is 11.4. The number of barbiturate groups is 1. The summed E-state index contributed by atoms with van der Waals surface area (Å²) in [6, 6.07) is 6.00. The largest absolute Gasteiger partial charge is 0.478 e. The number of benzene rings is 1. The van der Waals surface area contributed by atoms with Gasteiger partial charge >= 0.3 is 12.0 Å². The molecule has 0 radical (unpaired) electrons. The van der Waals surface area contributed by atoms with Gasteiger partial charge in [-0.1, -0.05) is 12.1 Å². The van der Waals surface area contributed by atoms with Crippen molar-refractivity contribution in [3.63, 3.8) is 0 Å². The van der Waals surface area contributed by atoms with Crippen molar-refractivity contribution in [1.29, 1.82) is 0 Å². The quantitative estimate of drug-likeness (QED) is 0.618. The molecule has 2 heterocycles. The normalized spacial score (nSPS) is 27.3. The Morgan fingerprint density at radius 2 is 1.96 bits per heavy atom. The highest BCUT2D eigenvalue weighted by molar-refractivity contribution is 6.28. The number of carboxylic acid groups (broad SMARTS) is 1. The molecule has 2 aliphatic heterocycles. The molecule has 0 aliphatic carbocycles. The van der Waals surface area contributed by atoms with Gasteiger partial charge in [0.2, 0.25) is 0 Å². The Kier molecular flexibility index (Phi) is 4.73. The topological polar surface area (TPSA) is 107 Å². The Labute approximate surface area is 156 Å². The number of urea groups is 1. The number of imide groups is 2. The molecule has 2 N–H and O–H groups in total. The Hall–Kier alpha value is -3.16. The predicted molar refractivity (Wildman–Crippen MR) is 97.3 cm³/mol. The van der Waals surface area contributed by atoms with E-state index in [1.807, 2.05) is 19.9 Å². The summed E-state index contributed by atoms with van der Waals surface area (Å²) < 4.78 is 0. The number of amides is 4. The van der Waals surface area contributed by atoms with Crippen LogP contribution in [0.3, 0.4) is 0 Å². The molecule has 0 saturated carbocycles. The van der Waals surface area contributed by atoms with Crippen LogP contribution in [0, 0.1) is 5.92 Å². The number of aromatic carboxylic acids is 1. The maximum Gasteiger partial charge on any atom is 0.335 e. The number of nitrogens with zero attached hydrogens (tertiary/aromatic N) is 2. The van der Waals surface area contributed by atoms with E-state index in [0.29, 0.717) is 6.42 Å². The van der Waals surface area contributed by atoms with Crippen LogP contribution in [-0.2, 0) is 9.59 Å². The van der Waals surface area contributed by atoms with Crippen LogP contribution < -0.4 is 10.2 Å². The second kappa shape index (κ2) is 6.86. The molecule has 2 saturated heterocycles. The van der Waals surface area contributed by atoms with Crippen LogP contribution in [0.4, 0.5) is 10.5 Å². The molecule has 4 amide bonds. The maximum atomic E-state index is 12.3. The lowest BCUT2D eigenvalue weighted by atomic mass is 9.96. The van der Waals surface area contributed by atoms with Crippen molar-refractivity contribution in [2.75, 3.05) is 11.9 Å². The van der Waals surface area contributed by atoms with Crippen LogP contribution in [0.15, 0.2) is 35.9 Å². The van der Waals surface area contributed by atoms with Gasteiger partial charge in [-0.05, 0) is 38.5 Å². The van der Waals surface area contributed by atoms with E-state index in [4.69, 9.17) is 0 Å². The fourth-order valence-electron chi connectivity index (χ4n) is 3.79. The molecule has 3 atom stereocenters. The molecular weight excluding hydrogens is 350 g/mol. The molecule has 2 fully saturated rings. The highest BCUT2D eigenvalue weighted by Crippen LogP contribution is 2.36. The van der Waals surface area contributed by atoms with Crippen LogP contribution >= 0.6 is 0 Å². The van der Waals surface area contributed by atoms with Gasteiger partial charge in [0.25, 0.3) is 11.8 Å².